The minimum absolute atomic E-state index is 0.00632. The fourth-order valence-electron chi connectivity index (χ4n) is 4.50. The van der Waals surface area contributed by atoms with E-state index in [9.17, 15) is 20.2 Å². The van der Waals surface area contributed by atoms with Gasteiger partial charge in [-0.05, 0) is 48.4 Å². The molecule has 0 N–H and O–H groups in total. The Bertz CT molecular complexity index is 1820. The zero-order chi connectivity index (χ0) is 30.9. The number of carbonyl (C=O) groups excluding carboxylic acids is 1. The second kappa shape index (κ2) is 14.1. The number of thioether (sulfide) groups is 1. The number of pyridine rings is 1. The molecule has 0 spiro atoms. The number of non-ortho nitro benzene ring substituents is 1. The van der Waals surface area contributed by atoms with Crippen molar-refractivity contribution >= 4 is 23.2 Å². The van der Waals surface area contributed by atoms with Crippen molar-refractivity contribution in [2.45, 2.75) is 18.6 Å². The summed E-state index contributed by atoms with van der Waals surface area (Å²) in [5.74, 6) is 0.887. The summed E-state index contributed by atoms with van der Waals surface area (Å²) in [5, 5.41) is 21.7. The minimum atomic E-state index is -0.512. The van der Waals surface area contributed by atoms with Crippen molar-refractivity contribution in [1.29, 1.82) is 5.26 Å². The first kappa shape index (κ1) is 30.0. The second-order valence-corrected chi connectivity index (χ2v) is 10.6. The number of hydrogen-bond acceptors (Lipinski definition) is 8. The predicted octanol–water partition coefficient (Wildman–Crippen LogP) is 8.15. The van der Waals surface area contributed by atoms with Gasteiger partial charge in [-0.15, -0.1) is 0 Å². The Hall–Kier alpha value is -5.46. The smallest absolute Gasteiger partial charge is 0.269 e. The van der Waals surface area contributed by atoms with E-state index in [0.717, 1.165) is 28.5 Å². The van der Waals surface area contributed by atoms with Gasteiger partial charge in [-0.3, -0.25) is 14.9 Å². The number of carbonyl (C=O) groups is 1. The number of nitro groups is 1. The first-order chi connectivity index (χ1) is 21.5. The molecule has 0 unspecified atom stereocenters. The monoisotopic (exact) mass is 601 g/mol. The van der Waals surface area contributed by atoms with Gasteiger partial charge in [0.25, 0.3) is 5.69 Å². The van der Waals surface area contributed by atoms with E-state index in [1.54, 1.807) is 0 Å². The molecule has 5 aromatic rings. The summed E-state index contributed by atoms with van der Waals surface area (Å²) in [4.78, 5) is 28.3. The number of ketones is 1. The van der Waals surface area contributed by atoms with Gasteiger partial charge in [-0.2, -0.15) is 5.26 Å². The van der Waals surface area contributed by atoms with E-state index in [4.69, 9.17) is 14.5 Å². The molecular formula is C35H27N3O5S. The zero-order valence-corrected chi connectivity index (χ0v) is 24.6. The quantitative estimate of drug-likeness (QED) is 0.0609. The summed E-state index contributed by atoms with van der Waals surface area (Å²) in [6.45, 7) is 2.69. The maximum atomic E-state index is 13.0. The fraction of sp³-hybridized carbons (Fsp3) is 0.114. The molecule has 0 aliphatic carbocycles. The van der Waals surface area contributed by atoms with E-state index in [1.165, 1.54) is 24.3 Å². The zero-order valence-electron chi connectivity index (χ0n) is 23.8. The molecule has 0 amide bonds. The third-order valence-electron chi connectivity index (χ3n) is 6.70. The van der Waals surface area contributed by atoms with Crippen LogP contribution in [0.2, 0.25) is 0 Å². The number of Topliss-reactive ketones (excluding diaryl/α,β-unsaturated/α-hetero) is 1. The normalized spacial score (nSPS) is 10.5. The molecule has 44 heavy (non-hydrogen) atoms. The summed E-state index contributed by atoms with van der Waals surface area (Å²) in [7, 11) is 0. The number of hydrogen-bond donors (Lipinski definition) is 0. The van der Waals surface area contributed by atoms with Crippen LogP contribution < -0.4 is 9.47 Å². The van der Waals surface area contributed by atoms with Crippen molar-refractivity contribution in [3.63, 3.8) is 0 Å². The fourth-order valence-corrected chi connectivity index (χ4v) is 5.40. The average molecular weight is 602 g/mol. The predicted molar refractivity (Wildman–Crippen MR) is 170 cm³/mol. The van der Waals surface area contributed by atoms with Gasteiger partial charge in [0.15, 0.2) is 17.3 Å². The largest absolute Gasteiger partial charge is 0.490 e. The molecule has 1 aromatic heterocycles. The SMILES string of the molecule is CCOc1cc(-c2cc(-c3ccccc3)nc(SCC(=O)c3ccc([N+](=O)[O-])cc3)c2C#N)ccc1OCc1ccccc1. The number of ether oxygens (including phenoxy) is 2. The summed E-state index contributed by atoms with van der Waals surface area (Å²) < 4.78 is 12.0. The van der Waals surface area contributed by atoms with Crippen LogP contribution in [0.1, 0.15) is 28.4 Å². The lowest BCUT2D eigenvalue weighted by Gasteiger charge is -2.16. The van der Waals surface area contributed by atoms with Crippen LogP contribution in [0, 0.1) is 21.4 Å². The highest BCUT2D eigenvalue weighted by molar-refractivity contribution is 8.00. The lowest BCUT2D eigenvalue weighted by molar-refractivity contribution is -0.384. The van der Waals surface area contributed by atoms with Crippen molar-refractivity contribution in [1.82, 2.24) is 4.98 Å². The highest BCUT2D eigenvalue weighted by Gasteiger charge is 2.19. The van der Waals surface area contributed by atoms with Crippen LogP contribution in [0.4, 0.5) is 5.69 Å². The highest BCUT2D eigenvalue weighted by atomic mass is 32.2. The molecule has 0 radical (unpaired) electrons. The molecule has 0 aliphatic rings. The lowest BCUT2D eigenvalue weighted by atomic mass is 9.99. The molecule has 8 nitrogen and oxygen atoms in total. The minimum Gasteiger partial charge on any atom is -0.490 e. The molecule has 0 atom stereocenters. The van der Waals surface area contributed by atoms with Gasteiger partial charge < -0.3 is 9.47 Å². The number of rotatable bonds is 12. The van der Waals surface area contributed by atoms with Crippen molar-refractivity contribution in [3.8, 4) is 40.0 Å². The van der Waals surface area contributed by atoms with Crippen LogP contribution >= 0.6 is 11.8 Å². The standard InChI is InChI=1S/C35H27N3O5S/c1-2-42-34-19-27(15-18-33(34)43-22-24-9-5-3-6-10-24)29-20-31(25-11-7-4-8-12-25)37-35(30(29)21-36)44-23-32(39)26-13-16-28(17-14-26)38(40)41/h3-20H,2,22-23H2,1H3. The maximum Gasteiger partial charge on any atom is 0.269 e. The molecule has 0 saturated heterocycles. The molecule has 0 fully saturated rings. The molecule has 0 bridgehead atoms. The molecule has 4 aromatic carbocycles. The Morgan fingerprint density at radius 2 is 1.59 bits per heavy atom. The maximum absolute atomic E-state index is 13.0. The Labute approximate surface area is 259 Å². The Morgan fingerprint density at radius 1 is 0.886 bits per heavy atom. The number of nitriles is 1. The van der Waals surface area contributed by atoms with Gasteiger partial charge in [0.1, 0.15) is 17.7 Å². The first-order valence-electron chi connectivity index (χ1n) is 13.8. The van der Waals surface area contributed by atoms with E-state index < -0.39 is 4.92 Å². The van der Waals surface area contributed by atoms with Gasteiger partial charge in [0.05, 0.1) is 28.5 Å². The average Bonchev–Trinajstić information content (AvgIpc) is 3.07. The van der Waals surface area contributed by atoms with Crippen molar-refractivity contribution in [2.75, 3.05) is 12.4 Å². The van der Waals surface area contributed by atoms with E-state index in [0.29, 0.717) is 52.1 Å². The molecule has 9 heteroatoms. The van der Waals surface area contributed by atoms with Crippen molar-refractivity contribution in [3.05, 3.63) is 136 Å². The number of benzene rings is 4. The number of aromatic nitrogens is 1. The highest BCUT2D eigenvalue weighted by Crippen LogP contribution is 2.38. The summed E-state index contributed by atoms with van der Waals surface area (Å²) in [6.07, 6.45) is 0. The van der Waals surface area contributed by atoms with Gasteiger partial charge in [0, 0.05) is 28.8 Å². The summed E-state index contributed by atoms with van der Waals surface area (Å²) in [6, 6.07) is 34.6. The Balaban J connectivity index is 1.50. The Morgan fingerprint density at radius 3 is 2.25 bits per heavy atom. The van der Waals surface area contributed by atoms with Gasteiger partial charge in [0.2, 0.25) is 0 Å². The van der Waals surface area contributed by atoms with Crippen LogP contribution in [0.5, 0.6) is 11.5 Å². The molecule has 0 saturated carbocycles. The molecular weight excluding hydrogens is 574 g/mol. The van der Waals surface area contributed by atoms with Gasteiger partial charge >= 0.3 is 0 Å². The molecule has 218 valence electrons. The number of nitrogens with zero attached hydrogens (tertiary/aromatic N) is 3. The third-order valence-corrected chi connectivity index (χ3v) is 7.67. The van der Waals surface area contributed by atoms with E-state index >= 15 is 0 Å². The number of nitro benzene ring substituents is 1. The van der Waals surface area contributed by atoms with Crippen LogP contribution in [0.15, 0.2) is 114 Å². The topological polar surface area (TPSA) is 115 Å². The van der Waals surface area contributed by atoms with Crippen LogP contribution in [-0.4, -0.2) is 28.1 Å². The van der Waals surface area contributed by atoms with Crippen LogP contribution in [0.3, 0.4) is 0 Å². The lowest BCUT2D eigenvalue weighted by Crippen LogP contribution is -2.04. The van der Waals surface area contributed by atoms with Gasteiger partial charge in [-0.25, -0.2) is 4.98 Å². The molecule has 1 heterocycles. The van der Waals surface area contributed by atoms with Crippen LogP contribution in [-0.2, 0) is 6.61 Å². The summed E-state index contributed by atoms with van der Waals surface area (Å²) in [5.41, 5.74) is 4.48. The van der Waals surface area contributed by atoms with E-state index in [2.05, 4.69) is 6.07 Å². The Kier molecular flexibility index (Phi) is 9.64. The van der Waals surface area contributed by atoms with E-state index in [-0.39, 0.29) is 17.2 Å². The van der Waals surface area contributed by atoms with Crippen LogP contribution in [0.25, 0.3) is 22.4 Å². The van der Waals surface area contributed by atoms with Gasteiger partial charge in [-0.1, -0.05) is 78.5 Å². The first-order valence-corrected chi connectivity index (χ1v) is 14.8. The van der Waals surface area contributed by atoms with Crippen molar-refractivity contribution < 1.29 is 19.2 Å². The second-order valence-electron chi connectivity index (χ2n) is 9.60. The molecule has 0 aliphatic heterocycles. The summed E-state index contributed by atoms with van der Waals surface area (Å²) >= 11 is 1.15. The molecule has 5 rings (SSSR count). The van der Waals surface area contributed by atoms with Crippen molar-refractivity contribution in [2.24, 2.45) is 0 Å². The van der Waals surface area contributed by atoms with E-state index in [1.807, 2.05) is 91.9 Å². The third kappa shape index (κ3) is 7.12.